The van der Waals surface area contributed by atoms with Gasteiger partial charge < -0.3 is 19.3 Å². The number of amides is 1. The van der Waals surface area contributed by atoms with E-state index in [0.717, 1.165) is 5.56 Å². The summed E-state index contributed by atoms with van der Waals surface area (Å²) in [6, 6.07) is 0. The van der Waals surface area contributed by atoms with Crippen LogP contribution in [0.5, 0.6) is 5.88 Å². The van der Waals surface area contributed by atoms with E-state index in [1.54, 1.807) is 12.4 Å². The Bertz CT molecular complexity index is 986. The van der Waals surface area contributed by atoms with E-state index in [2.05, 4.69) is 24.9 Å². The molecule has 1 unspecified atom stereocenters. The predicted molar refractivity (Wildman–Crippen MR) is 95.4 cm³/mol. The molecule has 1 atom stereocenters. The highest BCUT2D eigenvalue weighted by molar-refractivity contribution is 5.81. The van der Waals surface area contributed by atoms with Gasteiger partial charge in [0.1, 0.15) is 24.1 Å². The van der Waals surface area contributed by atoms with Crippen LogP contribution in [0.3, 0.4) is 0 Å². The quantitative estimate of drug-likeness (QED) is 0.738. The molecular formula is C17H19N7O3. The highest BCUT2D eigenvalue weighted by Gasteiger charge is 2.29. The minimum Gasteiger partial charge on any atom is -0.471 e. The van der Waals surface area contributed by atoms with Gasteiger partial charge in [0.2, 0.25) is 5.88 Å². The molecule has 1 amide bonds. The number of ether oxygens (including phenoxy) is 1. The molecule has 3 aromatic rings. The topological polar surface area (TPSA) is 119 Å². The van der Waals surface area contributed by atoms with Gasteiger partial charge in [0.25, 0.3) is 0 Å². The maximum absolute atomic E-state index is 11.1. The summed E-state index contributed by atoms with van der Waals surface area (Å²) in [5.41, 5.74) is 1.99. The second kappa shape index (κ2) is 6.78. The van der Waals surface area contributed by atoms with E-state index in [4.69, 9.17) is 9.84 Å². The molecule has 1 fully saturated rings. The van der Waals surface area contributed by atoms with E-state index in [1.165, 1.54) is 11.2 Å². The maximum Gasteiger partial charge on any atom is 0.407 e. The van der Waals surface area contributed by atoms with Crippen LogP contribution < -0.4 is 4.74 Å². The Labute approximate surface area is 154 Å². The Morgan fingerprint density at radius 1 is 1.30 bits per heavy atom. The van der Waals surface area contributed by atoms with Gasteiger partial charge in [-0.15, -0.1) is 0 Å². The molecule has 0 radical (unpaired) electrons. The molecule has 0 bridgehead atoms. The first-order valence-corrected chi connectivity index (χ1v) is 8.71. The molecule has 4 rings (SSSR count). The van der Waals surface area contributed by atoms with E-state index in [9.17, 15) is 4.79 Å². The Kier molecular flexibility index (Phi) is 4.30. The summed E-state index contributed by atoms with van der Waals surface area (Å²) in [4.78, 5) is 34.2. The van der Waals surface area contributed by atoms with Crippen LogP contribution in [0.4, 0.5) is 4.79 Å². The van der Waals surface area contributed by atoms with Gasteiger partial charge in [0.05, 0.1) is 12.1 Å². The highest BCUT2D eigenvalue weighted by Crippen LogP contribution is 2.28. The van der Waals surface area contributed by atoms with Crippen molar-refractivity contribution in [1.82, 2.24) is 34.4 Å². The summed E-state index contributed by atoms with van der Waals surface area (Å²) in [6.45, 7) is 5.25. The molecule has 0 aromatic carbocycles. The molecular weight excluding hydrogens is 350 g/mol. The number of likely N-dealkylation sites (tertiary alicyclic amines) is 1. The summed E-state index contributed by atoms with van der Waals surface area (Å²) in [7, 11) is 0. The molecule has 0 saturated carbocycles. The van der Waals surface area contributed by atoms with Gasteiger partial charge >= 0.3 is 6.09 Å². The first kappa shape index (κ1) is 17.1. The van der Waals surface area contributed by atoms with Crippen molar-refractivity contribution >= 4 is 17.3 Å². The number of imidazole rings is 1. The van der Waals surface area contributed by atoms with Crippen molar-refractivity contribution in [2.24, 2.45) is 0 Å². The molecule has 140 valence electrons. The number of aromatic nitrogens is 6. The zero-order chi connectivity index (χ0) is 19.0. The second-order valence-electron chi connectivity index (χ2n) is 6.31. The first-order valence-electron chi connectivity index (χ1n) is 8.71. The zero-order valence-electron chi connectivity index (χ0n) is 15.0. The zero-order valence-corrected chi connectivity index (χ0v) is 15.0. The Morgan fingerprint density at radius 3 is 2.74 bits per heavy atom. The smallest absolute Gasteiger partial charge is 0.407 e. The molecule has 3 aromatic heterocycles. The Morgan fingerprint density at radius 2 is 2.07 bits per heavy atom. The van der Waals surface area contributed by atoms with Crippen LogP contribution in [0.25, 0.3) is 22.6 Å². The lowest BCUT2D eigenvalue weighted by molar-refractivity contribution is 0.145. The average Bonchev–Trinajstić information content (AvgIpc) is 3.27. The van der Waals surface area contributed by atoms with Crippen LogP contribution in [-0.4, -0.2) is 64.8 Å². The van der Waals surface area contributed by atoms with Crippen molar-refractivity contribution in [2.45, 2.75) is 32.9 Å². The molecule has 27 heavy (non-hydrogen) atoms. The van der Waals surface area contributed by atoms with Gasteiger partial charge in [-0.25, -0.2) is 24.7 Å². The maximum atomic E-state index is 11.1. The number of hydrogen-bond donors (Lipinski definition) is 1. The van der Waals surface area contributed by atoms with E-state index in [1.807, 2.05) is 18.4 Å². The predicted octanol–water partition coefficient (Wildman–Crippen LogP) is 1.74. The number of carboxylic acid groups (broad SMARTS) is 1. The lowest BCUT2D eigenvalue weighted by Gasteiger charge is -2.13. The van der Waals surface area contributed by atoms with Crippen molar-refractivity contribution < 1.29 is 14.6 Å². The molecule has 10 heteroatoms. The number of rotatable bonds is 4. The van der Waals surface area contributed by atoms with E-state index >= 15 is 0 Å². The van der Waals surface area contributed by atoms with E-state index < -0.39 is 6.09 Å². The minimum atomic E-state index is -0.939. The lowest BCUT2D eigenvalue weighted by Crippen LogP contribution is -2.29. The molecule has 4 heterocycles. The summed E-state index contributed by atoms with van der Waals surface area (Å²) < 4.78 is 7.93. The highest BCUT2D eigenvalue weighted by atomic mass is 16.5. The Balaban J connectivity index is 1.71. The number of nitrogens with zero attached hydrogens (tertiary/aromatic N) is 7. The molecule has 1 aliphatic heterocycles. The van der Waals surface area contributed by atoms with Crippen LogP contribution >= 0.6 is 0 Å². The third-order valence-electron chi connectivity index (χ3n) is 4.55. The van der Waals surface area contributed by atoms with Crippen LogP contribution in [0.2, 0.25) is 0 Å². The van der Waals surface area contributed by atoms with Gasteiger partial charge in [0.15, 0.2) is 11.2 Å². The number of fused-ring (bicyclic) bond motifs is 1. The molecule has 0 aliphatic carbocycles. The van der Waals surface area contributed by atoms with Gasteiger partial charge in [-0.2, -0.15) is 4.98 Å². The summed E-state index contributed by atoms with van der Waals surface area (Å²) in [6.07, 6.45) is 4.31. The van der Waals surface area contributed by atoms with E-state index in [0.29, 0.717) is 54.7 Å². The molecule has 1 aliphatic rings. The second-order valence-corrected chi connectivity index (χ2v) is 6.31. The third kappa shape index (κ3) is 3.14. The monoisotopic (exact) mass is 369 g/mol. The van der Waals surface area contributed by atoms with Crippen molar-refractivity contribution in [3.05, 3.63) is 24.5 Å². The fourth-order valence-electron chi connectivity index (χ4n) is 3.19. The van der Waals surface area contributed by atoms with Crippen LogP contribution in [0.1, 0.15) is 19.2 Å². The van der Waals surface area contributed by atoms with Gasteiger partial charge in [0, 0.05) is 31.9 Å². The standard InChI is InChI=1S/C17H19N7O3/c1-3-24-14(11-6-18-10(2)19-7-11)22-13-15(24)20-9-21-16(13)27-12-4-5-23(8-12)17(25)26/h6-7,9,12H,3-5,8H2,1-2H3,(H,25,26). The summed E-state index contributed by atoms with van der Waals surface area (Å²) in [5, 5.41) is 9.10. The largest absolute Gasteiger partial charge is 0.471 e. The van der Waals surface area contributed by atoms with Crippen molar-refractivity contribution in [3.8, 4) is 17.3 Å². The van der Waals surface area contributed by atoms with Gasteiger partial charge in [-0.05, 0) is 13.8 Å². The molecule has 1 N–H and O–H groups in total. The number of carbonyl (C=O) groups is 1. The van der Waals surface area contributed by atoms with Crippen LogP contribution in [-0.2, 0) is 6.54 Å². The minimum absolute atomic E-state index is 0.253. The molecule has 1 saturated heterocycles. The van der Waals surface area contributed by atoms with Crippen molar-refractivity contribution in [3.63, 3.8) is 0 Å². The summed E-state index contributed by atoms with van der Waals surface area (Å²) in [5.74, 6) is 1.74. The fraction of sp³-hybridized carbons (Fsp3) is 0.412. The molecule has 0 spiro atoms. The summed E-state index contributed by atoms with van der Waals surface area (Å²) >= 11 is 0. The normalized spacial score (nSPS) is 16.8. The molecule has 10 nitrogen and oxygen atoms in total. The van der Waals surface area contributed by atoms with Gasteiger partial charge in [-0.1, -0.05) is 0 Å². The van der Waals surface area contributed by atoms with Crippen LogP contribution in [0.15, 0.2) is 18.7 Å². The fourth-order valence-corrected chi connectivity index (χ4v) is 3.19. The first-order chi connectivity index (χ1) is 13.1. The number of aryl methyl sites for hydroxylation is 2. The SMILES string of the molecule is CCn1c(-c2cnc(C)nc2)nc2c(OC3CCN(C(=O)O)C3)ncnc21. The van der Waals surface area contributed by atoms with Crippen LogP contribution in [0, 0.1) is 6.92 Å². The Hall–Kier alpha value is -3.30. The average molecular weight is 369 g/mol. The van der Waals surface area contributed by atoms with E-state index in [-0.39, 0.29) is 6.10 Å². The number of hydrogen-bond acceptors (Lipinski definition) is 7. The lowest BCUT2D eigenvalue weighted by atomic mass is 10.3. The van der Waals surface area contributed by atoms with Crippen molar-refractivity contribution in [2.75, 3.05) is 13.1 Å². The van der Waals surface area contributed by atoms with Gasteiger partial charge in [-0.3, -0.25) is 0 Å². The third-order valence-corrected chi connectivity index (χ3v) is 4.55. The van der Waals surface area contributed by atoms with Crippen molar-refractivity contribution in [1.29, 1.82) is 0 Å².